The zero-order valence-electron chi connectivity index (χ0n) is 24.2. The van der Waals surface area contributed by atoms with Crippen molar-refractivity contribution in [1.29, 1.82) is 0 Å². The summed E-state index contributed by atoms with van der Waals surface area (Å²) >= 11 is 2.45. The number of aryl methyl sites for hydroxylation is 1. The van der Waals surface area contributed by atoms with Crippen LogP contribution < -0.4 is 10.6 Å². The number of hydrogen-bond donors (Lipinski definition) is 2. The highest BCUT2D eigenvalue weighted by atomic mass is 32.2. The van der Waals surface area contributed by atoms with Gasteiger partial charge in [-0.25, -0.2) is 9.18 Å². The summed E-state index contributed by atoms with van der Waals surface area (Å²) in [6.07, 6.45) is 4.64. The number of nitrogens with zero attached hydrogens (tertiary/aromatic N) is 4. The molecule has 234 valence electrons. The molecule has 2 aromatic heterocycles. The van der Waals surface area contributed by atoms with E-state index < -0.39 is 22.6 Å². The predicted octanol–water partition coefficient (Wildman–Crippen LogP) is 5.48. The molecule has 0 saturated heterocycles. The molecular weight excluding hydrogens is 623 g/mol. The van der Waals surface area contributed by atoms with E-state index in [2.05, 4.69) is 20.8 Å². The number of amides is 2. The number of thiophene rings is 1. The van der Waals surface area contributed by atoms with Gasteiger partial charge < -0.3 is 15.4 Å². The number of aromatic nitrogens is 3. The number of fused-ring (bicyclic) bond motifs is 1. The second-order valence-corrected chi connectivity index (χ2v) is 12.0. The fraction of sp³-hybridized carbons (Fsp3) is 0.300. The Balaban J connectivity index is 1.36. The summed E-state index contributed by atoms with van der Waals surface area (Å²) in [5, 5.41) is 25.8. The van der Waals surface area contributed by atoms with Gasteiger partial charge in [-0.2, -0.15) is 0 Å². The van der Waals surface area contributed by atoms with Crippen molar-refractivity contribution in [2.45, 2.75) is 50.7 Å². The summed E-state index contributed by atoms with van der Waals surface area (Å²) in [6.45, 7) is 1.81. The van der Waals surface area contributed by atoms with Gasteiger partial charge in [0.1, 0.15) is 10.8 Å². The first-order chi connectivity index (χ1) is 21.8. The summed E-state index contributed by atoms with van der Waals surface area (Å²) in [6, 6.07) is 11.2. The van der Waals surface area contributed by atoms with Gasteiger partial charge in [0, 0.05) is 22.7 Å². The molecule has 45 heavy (non-hydrogen) atoms. The first-order valence-corrected chi connectivity index (χ1v) is 16.0. The number of benzene rings is 2. The van der Waals surface area contributed by atoms with E-state index in [9.17, 15) is 28.9 Å². The molecule has 0 bridgehead atoms. The molecule has 2 amide bonds. The minimum absolute atomic E-state index is 0.0997. The maximum atomic E-state index is 14.1. The number of halogens is 1. The van der Waals surface area contributed by atoms with Crippen LogP contribution in [-0.2, 0) is 28.9 Å². The minimum Gasteiger partial charge on any atom is -0.462 e. The Morgan fingerprint density at radius 3 is 2.58 bits per heavy atom. The number of carbonyl (C=O) groups excluding carboxylic acids is 3. The second-order valence-electron chi connectivity index (χ2n) is 10.00. The van der Waals surface area contributed by atoms with E-state index in [1.807, 2.05) is 0 Å². The van der Waals surface area contributed by atoms with Crippen LogP contribution in [0.3, 0.4) is 0 Å². The van der Waals surface area contributed by atoms with E-state index in [0.29, 0.717) is 16.3 Å². The standard InChI is InChI=1S/C30H29FN6O6S2/c1-2-43-29(40)26-21-9-4-3-5-11-23(21)45-28(26)33-25(38)17-44-30-35-34-24(16-32-27(39)20-8-6-7-10-22(20)31)36(30)18-12-14-19(15-13-18)37(41)42/h6-8,10,12-15H,2-5,9,11,16-17H2,1H3,(H,32,39)(H,33,38). The molecule has 0 aliphatic heterocycles. The van der Waals surface area contributed by atoms with E-state index in [1.54, 1.807) is 17.6 Å². The molecule has 1 aliphatic carbocycles. The zero-order valence-corrected chi connectivity index (χ0v) is 25.8. The highest BCUT2D eigenvalue weighted by Gasteiger charge is 2.27. The third-order valence-electron chi connectivity index (χ3n) is 7.03. The fourth-order valence-corrected chi connectivity index (χ4v) is 7.00. The van der Waals surface area contributed by atoms with Crippen molar-refractivity contribution < 1.29 is 28.4 Å². The Bertz CT molecular complexity index is 1740. The van der Waals surface area contributed by atoms with Crippen LogP contribution in [0.1, 0.15) is 63.2 Å². The molecule has 0 atom stereocenters. The molecule has 15 heteroatoms. The molecule has 0 unspecified atom stereocenters. The van der Waals surface area contributed by atoms with Gasteiger partial charge in [0.25, 0.3) is 11.6 Å². The normalized spacial score (nSPS) is 12.6. The first kappa shape index (κ1) is 31.8. The first-order valence-electron chi connectivity index (χ1n) is 14.2. The number of esters is 1. The predicted molar refractivity (Wildman–Crippen MR) is 166 cm³/mol. The molecule has 12 nitrogen and oxygen atoms in total. The maximum absolute atomic E-state index is 14.1. The largest absolute Gasteiger partial charge is 0.462 e. The van der Waals surface area contributed by atoms with Crippen LogP contribution in [0.4, 0.5) is 15.1 Å². The van der Waals surface area contributed by atoms with Crippen molar-refractivity contribution in [3.05, 3.63) is 91.9 Å². The van der Waals surface area contributed by atoms with Gasteiger partial charge in [-0.1, -0.05) is 30.3 Å². The number of ether oxygens (including phenoxy) is 1. The Labute approximate surface area is 265 Å². The van der Waals surface area contributed by atoms with E-state index in [0.717, 1.165) is 54.3 Å². The van der Waals surface area contributed by atoms with Gasteiger partial charge in [0.15, 0.2) is 11.0 Å². The number of hydrogen-bond acceptors (Lipinski definition) is 10. The monoisotopic (exact) mass is 652 g/mol. The summed E-state index contributed by atoms with van der Waals surface area (Å²) < 4.78 is 21.0. The third-order valence-corrected chi connectivity index (χ3v) is 9.17. The van der Waals surface area contributed by atoms with Crippen LogP contribution in [-0.4, -0.2) is 49.8 Å². The summed E-state index contributed by atoms with van der Waals surface area (Å²) in [4.78, 5) is 50.4. The second kappa shape index (κ2) is 14.4. The number of nitrogens with one attached hydrogen (secondary N) is 2. The summed E-state index contributed by atoms with van der Waals surface area (Å²) in [5.74, 6) is -2.02. The topological polar surface area (TPSA) is 158 Å². The smallest absolute Gasteiger partial charge is 0.341 e. The molecule has 0 radical (unpaired) electrons. The average Bonchev–Trinajstić information content (AvgIpc) is 3.51. The molecule has 2 N–H and O–H groups in total. The molecule has 0 spiro atoms. The van der Waals surface area contributed by atoms with Gasteiger partial charge in [0.2, 0.25) is 5.91 Å². The number of thioether (sulfide) groups is 1. The Morgan fingerprint density at radius 1 is 1.09 bits per heavy atom. The number of non-ortho nitro benzene ring substituents is 1. The minimum atomic E-state index is -0.678. The number of rotatable bonds is 11. The van der Waals surface area contributed by atoms with Crippen molar-refractivity contribution in [3.8, 4) is 5.69 Å². The van der Waals surface area contributed by atoms with Gasteiger partial charge >= 0.3 is 5.97 Å². The van der Waals surface area contributed by atoms with E-state index >= 15 is 0 Å². The Hall–Kier alpha value is -4.63. The lowest BCUT2D eigenvalue weighted by molar-refractivity contribution is -0.384. The SMILES string of the molecule is CCOC(=O)c1c(NC(=O)CSc2nnc(CNC(=O)c3ccccc3F)n2-c2ccc([N+](=O)[O-])cc2)sc2c1CCCCC2. The van der Waals surface area contributed by atoms with Crippen LogP contribution in [0.25, 0.3) is 5.69 Å². The van der Waals surface area contributed by atoms with Crippen LogP contribution >= 0.6 is 23.1 Å². The van der Waals surface area contributed by atoms with Gasteiger partial charge in [-0.05, 0) is 62.4 Å². The van der Waals surface area contributed by atoms with Crippen LogP contribution in [0, 0.1) is 15.9 Å². The van der Waals surface area contributed by atoms with Crippen LogP contribution in [0.15, 0.2) is 53.7 Å². The number of nitro groups is 1. The molecule has 2 aromatic carbocycles. The highest BCUT2D eigenvalue weighted by Crippen LogP contribution is 2.38. The lowest BCUT2D eigenvalue weighted by atomic mass is 10.1. The lowest BCUT2D eigenvalue weighted by Gasteiger charge is -2.11. The van der Waals surface area contributed by atoms with Gasteiger partial charge in [-0.15, -0.1) is 21.5 Å². The van der Waals surface area contributed by atoms with Crippen molar-refractivity contribution in [3.63, 3.8) is 0 Å². The number of nitro benzene ring substituents is 1. The van der Waals surface area contributed by atoms with Crippen LogP contribution in [0.2, 0.25) is 0 Å². The summed E-state index contributed by atoms with van der Waals surface area (Å²) in [7, 11) is 0. The van der Waals surface area contributed by atoms with Crippen molar-refractivity contribution in [2.75, 3.05) is 17.7 Å². The van der Waals surface area contributed by atoms with E-state index in [-0.39, 0.29) is 47.0 Å². The zero-order chi connectivity index (χ0) is 31.9. The van der Waals surface area contributed by atoms with Crippen molar-refractivity contribution in [2.24, 2.45) is 0 Å². The average molecular weight is 653 g/mol. The van der Waals surface area contributed by atoms with E-state index in [4.69, 9.17) is 4.74 Å². The number of carbonyl (C=O) groups is 3. The Kier molecular flexibility index (Phi) is 10.2. The molecule has 0 saturated carbocycles. The van der Waals surface area contributed by atoms with E-state index in [1.165, 1.54) is 53.8 Å². The highest BCUT2D eigenvalue weighted by molar-refractivity contribution is 7.99. The van der Waals surface area contributed by atoms with Gasteiger partial charge in [-0.3, -0.25) is 24.3 Å². The molecule has 1 aliphatic rings. The quantitative estimate of drug-likeness (QED) is 0.0703. The lowest BCUT2D eigenvalue weighted by Crippen LogP contribution is -2.25. The molecule has 2 heterocycles. The molecule has 4 aromatic rings. The van der Waals surface area contributed by atoms with Gasteiger partial charge in [0.05, 0.1) is 35.0 Å². The number of anilines is 1. The molecular formula is C30H29FN6O6S2. The summed E-state index contributed by atoms with van der Waals surface area (Å²) in [5.41, 5.74) is 1.55. The van der Waals surface area contributed by atoms with Crippen molar-refractivity contribution >= 4 is 51.6 Å². The fourth-order valence-electron chi connectivity index (χ4n) is 4.93. The Morgan fingerprint density at radius 2 is 1.84 bits per heavy atom. The van der Waals surface area contributed by atoms with Crippen LogP contribution in [0.5, 0.6) is 0 Å². The molecule has 5 rings (SSSR count). The maximum Gasteiger partial charge on any atom is 0.341 e. The van der Waals surface area contributed by atoms with Crippen molar-refractivity contribution in [1.82, 2.24) is 20.1 Å². The third kappa shape index (κ3) is 7.37. The molecule has 0 fully saturated rings.